The quantitative estimate of drug-likeness (QED) is 0.0731. The largest absolute Gasteiger partial charge is 0.276 e. The highest BCUT2D eigenvalue weighted by Crippen LogP contribution is 2.19. The molecule has 8 nitrogen and oxygen atoms in total. The molecule has 0 aromatic heterocycles. The molecule has 0 bridgehead atoms. The number of para-hydroxylation sites is 2. The predicted molar refractivity (Wildman–Crippen MR) is 162 cm³/mol. The summed E-state index contributed by atoms with van der Waals surface area (Å²) in [4.78, 5) is 0. The maximum atomic E-state index is 4.45. The number of thioether (sulfide) groups is 2. The lowest BCUT2D eigenvalue weighted by Crippen LogP contribution is -2.00. The van der Waals surface area contributed by atoms with Gasteiger partial charge in [-0.15, -0.1) is 30.7 Å². The first-order chi connectivity index (χ1) is 18.8. The van der Waals surface area contributed by atoms with Crippen molar-refractivity contribution in [2.24, 2.45) is 30.7 Å². The Morgan fingerprint density at radius 1 is 0.474 bits per heavy atom. The van der Waals surface area contributed by atoms with Crippen LogP contribution in [0.25, 0.3) is 0 Å². The van der Waals surface area contributed by atoms with Gasteiger partial charge < -0.3 is 0 Å². The number of hydrogen-bond acceptors (Lipinski definition) is 8. The number of anilines is 2. The van der Waals surface area contributed by atoms with E-state index < -0.39 is 0 Å². The molecule has 0 heterocycles. The molecule has 0 spiro atoms. The van der Waals surface area contributed by atoms with Crippen LogP contribution in [0.1, 0.15) is 0 Å². The summed E-state index contributed by atoms with van der Waals surface area (Å²) in [5.74, 6) is 1.41. The molecule has 0 atom stereocenters. The van der Waals surface area contributed by atoms with Gasteiger partial charge in [-0.1, -0.05) is 96.3 Å². The molecule has 190 valence electrons. The summed E-state index contributed by atoms with van der Waals surface area (Å²) in [6, 6.07) is 38.6. The molecule has 0 radical (unpaired) electrons. The Morgan fingerprint density at radius 3 is 1.18 bits per heavy atom. The number of hydrazone groups is 2. The standard InChI is InChI=1S/C28H26N8S2/c1-5-13-23(14-6-1)29-33-27(34-30-24-15-7-2-8-16-24)37-21-22-38-28(35-31-25-17-9-3-10-18-25)36-32-26-19-11-4-12-20-26/h1-20,29,31H,21-22H2/b33-27+,34-30?,35-28+,36-32?. The molecule has 0 unspecified atom stereocenters. The zero-order chi connectivity index (χ0) is 26.1. The SMILES string of the molecule is c1ccc(N=N/C(=N\Nc2ccccc2)SCCS/C(N=Nc2ccccc2)=N/Nc2ccccc2)cc1. The molecule has 0 aliphatic carbocycles. The summed E-state index contributed by atoms with van der Waals surface area (Å²) in [6.07, 6.45) is 0. The average Bonchev–Trinajstić information content (AvgIpc) is 2.99. The zero-order valence-corrected chi connectivity index (χ0v) is 22.1. The minimum atomic E-state index is 0.519. The Labute approximate surface area is 230 Å². The molecule has 2 N–H and O–H groups in total. The lowest BCUT2D eigenvalue weighted by atomic mass is 10.3. The van der Waals surface area contributed by atoms with Crippen LogP contribution in [-0.4, -0.2) is 21.8 Å². The van der Waals surface area contributed by atoms with Crippen molar-refractivity contribution >= 4 is 56.6 Å². The van der Waals surface area contributed by atoms with Crippen molar-refractivity contribution in [1.82, 2.24) is 0 Å². The molecule has 4 aromatic rings. The number of benzene rings is 4. The Hall–Kier alpha value is -4.28. The summed E-state index contributed by atoms with van der Waals surface area (Å²) in [5.41, 5.74) is 9.36. The molecule has 0 saturated heterocycles. The van der Waals surface area contributed by atoms with Gasteiger partial charge >= 0.3 is 0 Å². The normalized spacial score (nSPS) is 12.2. The number of amidine groups is 2. The van der Waals surface area contributed by atoms with Crippen LogP contribution in [0.2, 0.25) is 0 Å². The van der Waals surface area contributed by atoms with Crippen LogP contribution in [0.15, 0.2) is 152 Å². The van der Waals surface area contributed by atoms with Gasteiger partial charge in [0.05, 0.1) is 22.7 Å². The predicted octanol–water partition coefficient (Wildman–Crippen LogP) is 8.79. The van der Waals surface area contributed by atoms with Gasteiger partial charge in [0.2, 0.25) is 10.3 Å². The van der Waals surface area contributed by atoms with E-state index in [2.05, 4.69) is 41.5 Å². The first-order valence-electron chi connectivity index (χ1n) is 11.8. The van der Waals surface area contributed by atoms with E-state index in [9.17, 15) is 0 Å². The van der Waals surface area contributed by atoms with Crippen LogP contribution in [-0.2, 0) is 0 Å². The lowest BCUT2D eigenvalue weighted by molar-refractivity contribution is 1.25. The van der Waals surface area contributed by atoms with Gasteiger partial charge in [-0.25, -0.2) is 0 Å². The minimum absolute atomic E-state index is 0.519. The second kappa shape index (κ2) is 15.7. The zero-order valence-electron chi connectivity index (χ0n) is 20.5. The monoisotopic (exact) mass is 538 g/mol. The maximum absolute atomic E-state index is 4.45. The fourth-order valence-electron chi connectivity index (χ4n) is 2.87. The second-order valence-corrected chi connectivity index (χ2v) is 9.64. The van der Waals surface area contributed by atoms with Gasteiger partial charge in [0.15, 0.2) is 0 Å². The van der Waals surface area contributed by atoms with Gasteiger partial charge in [-0.3, -0.25) is 10.9 Å². The van der Waals surface area contributed by atoms with Crippen LogP contribution in [0.3, 0.4) is 0 Å². The first-order valence-corrected chi connectivity index (χ1v) is 13.8. The molecule has 0 saturated carbocycles. The molecule has 38 heavy (non-hydrogen) atoms. The molecular weight excluding hydrogens is 512 g/mol. The van der Waals surface area contributed by atoms with Gasteiger partial charge in [0, 0.05) is 11.5 Å². The van der Waals surface area contributed by atoms with Crippen LogP contribution in [0, 0.1) is 0 Å². The lowest BCUT2D eigenvalue weighted by Gasteiger charge is -2.04. The van der Waals surface area contributed by atoms with E-state index in [1.807, 2.05) is 121 Å². The Balaban J connectivity index is 1.39. The third kappa shape index (κ3) is 10.00. The Bertz CT molecular complexity index is 1240. The molecular formula is C28H26N8S2. The molecule has 0 amide bonds. The van der Waals surface area contributed by atoms with E-state index in [-0.39, 0.29) is 0 Å². The van der Waals surface area contributed by atoms with Gasteiger partial charge in [-0.05, 0) is 48.5 Å². The van der Waals surface area contributed by atoms with Gasteiger partial charge in [0.25, 0.3) is 0 Å². The molecule has 0 fully saturated rings. The van der Waals surface area contributed by atoms with Gasteiger partial charge in [0.1, 0.15) is 0 Å². The summed E-state index contributed by atoms with van der Waals surface area (Å²) in [5, 5.41) is 27.3. The summed E-state index contributed by atoms with van der Waals surface area (Å²) in [7, 11) is 0. The number of azo groups is 2. The average molecular weight is 539 g/mol. The molecule has 0 aliphatic rings. The molecule has 0 aliphatic heterocycles. The smallest absolute Gasteiger partial charge is 0.227 e. The van der Waals surface area contributed by atoms with Crippen LogP contribution >= 0.6 is 23.5 Å². The van der Waals surface area contributed by atoms with E-state index in [1.54, 1.807) is 0 Å². The molecule has 10 heteroatoms. The van der Waals surface area contributed by atoms with Crippen LogP contribution < -0.4 is 10.9 Å². The number of nitrogens with zero attached hydrogens (tertiary/aromatic N) is 6. The van der Waals surface area contributed by atoms with Gasteiger partial charge in [-0.2, -0.15) is 0 Å². The van der Waals surface area contributed by atoms with E-state index in [0.29, 0.717) is 21.8 Å². The number of hydrogen-bond donors (Lipinski definition) is 2. The number of nitrogens with one attached hydrogen (secondary N) is 2. The highest BCUT2D eigenvalue weighted by atomic mass is 32.2. The van der Waals surface area contributed by atoms with E-state index in [1.165, 1.54) is 23.5 Å². The van der Waals surface area contributed by atoms with Crippen molar-refractivity contribution in [2.75, 3.05) is 22.4 Å². The van der Waals surface area contributed by atoms with Crippen molar-refractivity contribution in [1.29, 1.82) is 0 Å². The third-order valence-corrected chi connectivity index (χ3v) is 6.61. The van der Waals surface area contributed by atoms with Crippen molar-refractivity contribution in [3.8, 4) is 0 Å². The van der Waals surface area contributed by atoms with E-state index >= 15 is 0 Å². The van der Waals surface area contributed by atoms with Crippen LogP contribution in [0.5, 0.6) is 0 Å². The van der Waals surface area contributed by atoms with Crippen molar-refractivity contribution in [3.05, 3.63) is 121 Å². The summed E-state index contributed by atoms with van der Waals surface area (Å²) >= 11 is 2.98. The molecule has 4 aromatic carbocycles. The number of rotatable bonds is 9. The Morgan fingerprint density at radius 2 is 0.816 bits per heavy atom. The second-order valence-electron chi connectivity index (χ2n) is 7.51. The molecule has 4 rings (SSSR count). The van der Waals surface area contributed by atoms with Crippen molar-refractivity contribution in [3.63, 3.8) is 0 Å². The van der Waals surface area contributed by atoms with E-state index in [0.717, 1.165) is 22.7 Å². The van der Waals surface area contributed by atoms with Crippen LogP contribution in [0.4, 0.5) is 22.7 Å². The fraction of sp³-hybridized carbons (Fsp3) is 0.0714. The first kappa shape index (κ1) is 26.8. The summed E-state index contributed by atoms with van der Waals surface area (Å²) < 4.78 is 0. The fourth-order valence-corrected chi connectivity index (χ4v) is 4.32. The third-order valence-electron chi connectivity index (χ3n) is 4.67. The highest BCUT2D eigenvalue weighted by Gasteiger charge is 2.05. The summed E-state index contributed by atoms with van der Waals surface area (Å²) in [6.45, 7) is 0. The van der Waals surface area contributed by atoms with E-state index in [4.69, 9.17) is 0 Å². The topological polar surface area (TPSA) is 98.2 Å². The van der Waals surface area contributed by atoms with Crippen molar-refractivity contribution in [2.45, 2.75) is 0 Å². The maximum Gasteiger partial charge on any atom is 0.227 e. The Kier molecular flexibility index (Phi) is 11.1. The minimum Gasteiger partial charge on any atom is -0.276 e. The highest BCUT2D eigenvalue weighted by molar-refractivity contribution is 8.17. The van der Waals surface area contributed by atoms with Crippen molar-refractivity contribution < 1.29 is 0 Å².